The summed E-state index contributed by atoms with van der Waals surface area (Å²) in [5.41, 5.74) is 1.79. The Labute approximate surface area is 190 Å². The first-order valence-corrected chi connectivity index (χ1v) is 10.2. The van der Waals surface area contributed by atoms with Gasteiger partial charge in [-0.05, 0) is 84.8 Å². The minimum absolute atomic E-state index is 0.386. The number of nitro groups is 3. The van der Waals surface area contributed by atoms with Gasteiger partial charge in [0.05, 0.1) is 4.92 Å². The van der Waals surface area contributed by atoms with Crippen LogP contribution >= 0.6 is 0 Å². The van der Waals surface area contributed by atoms with Gasteiger partial charge < -0.3 is 0 Å². The van der Waals surface area contributed by atoms with Crippen LogP contribution in [0.25, 0.3) is 0 Å². The standard InChI is InChI=1S/C24H24N3O6/c1-13-7-15(3)22(16(4)8-13)24(23-17(5)9-14(2)10-18(23)6)20(26(30)31)11-19(25(28)29)12-21(24)27(32)33/h7-12H,1-6H3/q-1. The van der Waals surface area contributed by atoms with Crippen molar-refractivity contribution in [2.45, 2.75) is 47.0 Å². The summed E-state index contributed by atoms with van der Waals surface area (Å²) in [5.74, 6) is 0. The summed E-state index contributed by atoms with van der Waals surface area (Å²) in [6.07, 6.45) is 1.70. The topological polar surface area (TPSA) is 129 Å². The Morgan fingerprint density at radius 2 is 1.09 bits per heavy atom. The monoisotopic (exact) mass is 450 g/mol. The van der Waals surface area contributed by atoms with Gasteiger partial charge in [0, 0.05) is 6.08 Å². The van der Waals surface area contributed by atoms with Crippen LogP contribution in [-0.2, 0) is 5.41 Å². The third kappa shape index (κ3) is 3.65. The van der Waals surface area contributed by atoms with Gasteiger partial charge >= 0.3 is 0 Å². The molecule has 3 rings (SSSR count). The molecule has 1 aliphatic carbocycles. The van der Waals surface area contributed by atoms with Crippen molar-refractivity contribution in [3.05, 3.63) is 129 Å². The van der Waals surface area contributed by atoms with E-state index in [1.54, 1.807) is 27.7 Å². The predicted octanol–water partition coefficient (Wildman–Crippen LogP) is 4.97. The molecule has 172 valence electrons. The lowest BCUT2D eigenvalue weighted by Crippen LogP contribution is -2.46. The van der Waals surface area contributed by atoms with Crippen LogP contribution in [0.3, 0.4) is 0 Å². The Balaban J connectivity index is 2.68. The summed E-state index contributed by atoms with van der Waals surface area (Å²) >= 11 is 0. The molecular weight excluding hydrogens is 426 g/mol. The fourth-order valence-corrected chi connectivity index (χ4v) is 5.33. The highest BCUT2D eigenvalue weighted by molar-refractivity contribution is 5.65. The van der Waals surface area contributed by atoms with Gasteiger partial charge in [0.25, 0.3) is 0 Å². The number of aryl methyl sites for hydroxylation is 6. The van der Waals surface area contributed by atoms with Crippen LogP contribution in [0.4, 0.5) is 0 Å². The smallest absolute Gasteiger partial charge is 0.243 e. The van der Waals surface area contributed by atoms with E-state index in [0.29, 0.717) is 33.4 Å². The van der Waals surface area contributed by atoms with Crippen molar-refractivity contribution in [2.24, 2.45) is 0 Å². The number of allylic oxidation sites excluding steroid dienone is 1. The zero-order valence-electron chi connectivity index (χ0n) is 19.3. The summed E-state index contributed by atoms with van der Waals surface area (Å²) in [6.45, 7) is 10.7. The Morgan fingerprint density at radius 1 is 0.697 bits per heavy atom. The average Bonchev–Trinajstić information content (AvgIpc) is 2.65. The highest BCUT2D eigenvalue weighted by atomic mass is 16.6. The Hall–Kier alpha value is -4.01. The molecule has 0 bridgehead atoms. The van der Waals surface area contributed by atoms with Gasteiger partial charge in [-0.25, -0.2) is 0 Å². The Morgan fingerprint density at radius 3 is 1.39 bits per heavy atom. The van der Waals surface area contributed by atoms with E-state index in [0.717, 1.165) is 23.3 Å². The molecule has 2 aromatic carbocycles. The maximum atomic E-state index is 12.5. The Kier molecular flexibility index (Phi) is 5.85. The van der Waals surface area contributed by atoms with Crippen LogP contribution in [0.1, 0.15) is 44.5 Å². The molecule has 0 fully saturated rings. The number of nitrogens with zero attached hydrogens (tertiary/aromatic N) is 3. The second-order valence-corrected chi connectivity index (χ2v) is 8.55. The first-order chi connectivity index (χ1) is 15.3. The van der Waals surface area contributed by atoms with Crippen molar-refractivity contribution in [1.29, 1.82) is 0 Å². The summed E-state index contributed by atoms with van der Waals surface area (Å²) in [5, 5.41) is 36.5. The molecule has 1 aliphatic rings. The van der Waals surface area contributed by atoms with Crippen molar-refractivity contribution < 1.29 is 14.8 Å². The lowest BCUT2D eigenvalue weighted by atomic mass is 9.60. The minimum atomic E-state index is -1.95. The number of hydrogen-bond donors (Lipinski definition) is 0. The normalized spacial score (nSPS) is 15.0. The van der Waals surface area contributed by atoms with Gasteiger partial charge in [0.1, 0.15) is 17.2 Å². The first kappa shape index (κ1) is 23.6. The molecule has 33 heavy (non-hydrogen) atoms. The fraction of sp³-hybridized carbons (Fsp3) is 0.292. The second-order valence-electron chi connectivity index (χ2n) is 8.55. The quantitative estimate of drug-likeness (QED) is 0.359. The van der Waals surface area contributed by atoms with E-state index in [4.69, 9.17) is 0 Å². The van der Waals surface area contributed by atoms with E-state index in [-0.39, 0.29) is 0 Å². The zero-order valence-corrected chi connectivity index (χ0v) is 19.3. The average molecular weight is 450 g/mol. The van der Waals surface area contributed by atoms with Gasteiger partial charge in [0.15, 0.2) is 0 Å². The van der Waals surface area contributed by atoms with Crippen molar-refractivity contribution in [1.82, 2.24) is 0 Å². The molecule has 0 atom stereocenters. The molecule has 0 saturated carbocycles. The van der Waals surface area contributed by atoms with E-state index < -0.39 is 37.6 Å². The first-order valence-electron chi connectivity index (χ1n) is 10.2. The van der Waals surface area contributed by atoms with Gasteiger partial charge in [-0.15, -0.1) is 0 Å². The third-order valence-corrected chi connectivity index (χ3v) is 6.05. The molecule has 0 aromatic heterocycles. The highest BCUT2D eigenvalue weighted by Crippen LogP contribution is 2.54. The van der Waals surface area contributed by atoms with Crippen molar-refractivity contribution in [3.63, 3.8) is 0 Å². The number of hydrogen-bond acceptors (Lipinski definition) is 6. The van der Waals surface area contributed by atoms with E-state index in [9.17, 15) is 30.3 Å². The van der Waals surface area contributed by atoms with Crippen molar-refractivity contribution >= 4 is 0 Å². The molecule has 9 nitrogen and oxygen atoms in total. The van der Waals surface area contributed by atoms with E-state index in [2.05, 4.69) is 0 Å². The summed E-state index contributed by atoms with van der Waals surface area (Å²) in [7, 11) is 0. The summed E-state index contributed by atoms with van der Waals surface area (Å²) in [6, 6.07) is 6.62. The molecule has 0 saturated heterocycles. The van der Waals surface area contributed by atoms with E-state index >= 15 is 0 Å². The molecular formula is C24H24N3O6-. The van der Waals surface area contributed by atoms with Crippen LogP contribution in [0, 0.1) is 77.9 Å². The van der Waals surface area contributed by atoms with Crippen LogP contribution in [0.15, 0.2) is 47.8 Å². The van der Waals surface area contributed by atoms with Crippen LogP contribution < -0.4 is 0 Å². The molecule has 0 N–H and O–H groups in total. The van der Waals surface area contributed by atoms with E-state index in [1.165, 1.54) is 0 Å². The minimum Gasteiger partial charge on any atom is -0.277 e. The summed E-state index contributed by atoms with van der Waals surface area (Å²) in [4.78, 5) is 34.2. The SMILES string of the molecule is Cc1cc(C)c(C2(c3c(C)cc(C)cc3C)C([N+](=O)[O-])=CC([N+](=O)[O-])=C[C-]2[N+](=O)[O-])c(C)c1. The number of rotatable bonds is 5. The largest absolute Gasteiger partial charge is 0.277 e. The van der Waals surface area contributed by atoms with Gasteiger partial charge in [0.2, 0.25) is 5.70 Å². The Bertz CT molecular complexity index is 1170. The molecule has 0 radical (unpaired) electrons. The number of benzene rings is 2. The molecule has 0 spiro atoms. The van der Waals surface area contributed by atoms with Crippen LogP contribution in [0.5, 0.6) is 0 Å². The fourth-order valence-electron chi connectivity index (χ4n) is 5.33. The van der Waals surface area contributed by atoms with Crippen molar-refractivity contribution in [3.8, 4) is 0 Å². The molecule has 0 heterocycles. The zero-order chi connectivity index (χ0) is 24.8. The predicted molar refractivity (Wildman–Crippen MR) is 122 cm³/mol. The summed E-state index contributed by atoms with van der Waals surface area (Å²) < 4.78 is 0. The molecule has 2 aromatic rings. The van der Waals surface area contributed by atoms with Gasteiger partial charge in [-0.1, -0.05) is 41.5 Å². The van der Waals surface area contributed by atoms with Gasteiger partial charge in [-0.2, -0.15) is 0 Å². The van der Waals surface area contributed by atoms with Gasteiger partial charge in [-0.3, -0.25) is 30.3 Å². The van der Waals surface area contributed by atoms with E-state index in [1.807, 2.05) is 38.1 Å². The lowest BCUT2D eigenvalue weighted by molar-refractivity contribution is -0.489. The maximum absolute atomic E-state index is 12.5. The molecule has 0 amide bonds. The lowest BCUT2D eigenvalue weighted by Gasteiger charge is -2.42. The second kappa shape index (κ2) is 8.16. The molecule has 0 unspecified atom stereocenters. The maximum Gasteiger partial charge on any atom is 0.243 e. The van der Waals surface area contributed by atoms with Crippen LogP contribution in [-0.4, -0.2) is 14.8 Å². The van der Waals surface area contributed by atoms with Crippen molar-refractivity contribution in [2.75, 3.05) is 0 Å². The third-order valence-electron chi connectivity index (χ3n) is 6.05. The molecule has 9 heteroatoms. The highest BCUT2D eigenvalue weighted by Gasteiger charge is 2.57. The van der Waals surface area contributed by atoms with Crippen LogP contribution in [0.2, 0.25) is 0 Å². The molecule has 0 aliphatic heterocycles.